The molecule has 1 amide bonds. The summed E-state index contributed by atoms with van der Waals surface area (Å²) in [6, 6.07) is 15.9. The number of rotatable bonds is 6. The summed E-state index contributed by atoms with van der Waals surface area (Å²) in [6.45, 7) is 6.05. The molecule has 3 rings (SSSR count). The number of hydrogen-bond acceptors (Lipinski definition) is 4. The Labute approximate surface area is 164 Å². The van der Waals surface area contributed by atoms with Gasteiger partial charge in [0.1, 0.15) is 11.8 Å². The molecule has 0 aliphatic rings. The van der Waals surface area contributed by atoms with Gasteiger partial charge in [0.15, 0.2) is 6.61 Å². The molecule has 0 radical (unpaired) electrons. The van der Waals surface area contributed by atoms with Crippen molar-refractivity contribution in [2.24, 2.45) is 11.7 Å². The van der Waals surface area contributed by atoms with Crippen LogP contribution in [0, 0.1) is 24.2 Å². The molecule has 142 valence electrons. The lowest BCUT2D eigenvalue weighted by Gasteiger charge is -2.16. The fraction of sp³-hybridized carbons (Fsp3) is 0.261. The van der Waals surface area contributed by atoms with E-state index in [0.717, 1.165) is 39.7 Å². The molecule has 0 aliphatic heterocycles. The molecule has 0 unspecified atom stereocenters. The van der Waals surface area contributed by atoms with Gasteiger partial charge >= 0.3 is 0 Å². The summed E-state index contributed by atoms with van der Waals surface area (Å²) in [5.74, 6) is 0.352. The van der Waals surface area contributed by atoms with E-state index >= 15 is 0 Å². The Balaban J connectivity index is 2.28. The number of benzene rings is 2. The summed E-state index contributed by atoms with van der Waals surface area (Å²) < 4.78 is 5.47. The first-order valence-corrected chi connectivity index (χ1v) is 9.24. The number of aromatic nitrogens is 1. The Bertz CT molecular complexity index is 1060. The second-order valence-electron chi connectivity index (χ2n) is 7.32. The second-order valence-corrected chi connectivity index (χ2v) is 7.32. The number of amides is 1. The standard InChI is InChI=1S/C23H23N3O2/c1-14(2)10-21-19(12-24)23(16-6-4-15(3)5-7-16)18-11-17(28-13-22(25)27)8-9-20(18)26-21/h4-9,11,14H,10,13H2,1-3H3,(H2,25,27). The molecule has 1 aromatic heterocycles. The van der Waals surface area contributed by atoms with Gasteiger partial charge in [-0.05, 0) is 43.0 Å². The van der Waals surface area contributed by atoms with E-state index in [-0.39, 0.29) is 6.61 Å². The molecule has 28 heavy (non-hydrogen) atoms. The Morgan fingerprint density at radius 3 is 2.54 bits per heavy atom. The maximum Gasteiger partial charge on any atom is 0.255 e. The highest BCUT2D eigenvalue weighted by Crippen LogP contribution is 2.35. The van der Waals surface area contributed by atoms with Crippen LogP contribution >= 0.6 is 0 Å². The van der Waals surface area contributed by atoms with E-state index in [0.29, 0.717) is 17.2 Å². The van der Waals surface area contributed by atoms with Gasteiger partial charge in [-0.2, -0.15) is 5.26 Å². The molecule has 5 nitrogen and oxygen atoms in total. The predicted molar refractivity (Wildman–Crippen MR) is 110 cm³/mol. The van der Waals surface area contributed by atoms with E-state index < -0.39 is 5.91 Å². The van der Waals surface area contributed by atoms with E-state index in [2.05, 4.69) is 19.9 Å². The molecule has 1 heterocycles. The number of nitriles is 1. The largest absolute Gasteiger partial charge is 0.484 e. The summed E-state index contributed by atoms with van der Waals surface area (Å²) in [6.07, 6.45) is 0.720. The molecule has 5 heteroatoms. The van der Waals surface area contributed by atoms with Crippen molar-refractivity contribution in [1.29, 1.82) is 5.26 Å². The number of nitrogens with zero attached hydrogens (tertiary/aromatic N) is 2. The summed E-state index contributed by atoms with van der Waals surface area (Å²) in [5.41, 5.74) is 10.3. The van der Waals surface area contributed by atoms with Gasteiger partial charge < -0.3 is 10.5 Å². The van der Waals surface area contributed by atoms with Gasteiger partial charge in [0.2, 0.25) is 0 Å². The smallest absolute Gasteiger partial charge is 0.255 e. The first kappa shape index (κ1) is 19.4. The third-order valence-corrected chi connectivity index (χ3v) is 4.47. The van der Waals surface area contributed by atoms with Crippen LogP contribution in [-0.2, 0) is 11.2 Å². The third-order valence-electron chi connectivity index (χ3n) is 4.47. The fourth-order valence-corrected chi connectivity index (χ4v) is 3.21. The molecule has 0 aliphatic carbocycles. The first-order chi connectivity index (χ1) is 13.4. The van der Waals surface area contributed by atoms with Gasteiger partial charge in [0.25, 0.3) is 5.91 Å². The highest BCUT2D eigenvalue weighted by Gasteiger charge is 2.18. The summed E-state index contributed by atoms with van der Waals surface area (Å²) in [4.78, 5) is 15.8. The van der Waals surface area contributed by atoms with Crippen LogP contribution < -0.4 is 10.5 Å². The number of carbonyl (C=O) groups is 1. The number of ether oxygens (including phenoxy) is 1. The van der Waals surface area contributed by atoms with Crippen LogP contribution in [0.15, 0.2) is 42.5 Å². The molecule has 0 atom stereocenters. The van der Waals surface area contributed by atoms with Gasteiger partial charge in [-0.25, -0.2) is 0 Å². The van der Waals surface area contributed by atoms with Gasteiger partial charge in [-0.15, -0.1) is 0 Å². The summed E-state index contributed by atoms with van der Waals surface area (Å²) in [7, 11) is 0. The highest BCUT2D eigenvalue weighted by molar-refractivity contribution is 5.98. The van der Waals surface area contributed by atoms with Crippen molar-refractivity contribution < 1.29 is 9.53 Å². The number of fused-ring (bicyclic) bond motifs is 1. The van der Waals surface area contributed by atoms with Gasteiger partial charge in [-0.1, -0.05) is 43.7 Å². The van der Waals surface area contributed by atoms with Crippen molar-refractivity contribution in [2.75, 3.05) is 6.61 Å². The van der Waals surface area contributed by atoms with E-state index in [4.69, 9.17) is 15.5 Å². The fourth-order valence-electron chi connectivity index (χ4n) is 3.21. The SMILES string of the molecule is Cc1ccc(-c2c(C#N)c(CC(C)C)nc3ccc(OCC(N)=O)cc23)cc1. The topological polar surface area (TPSA) is 89.0 Å². The van der Waals surface area contributed by atoms with Crippen molar-refractivity contribution in [3.63, 3.8) is 0 Å². The molecule has 0 spiro atoms. The lowest BCUT2D eigenvalue weighted by Crippen LogP contribution is -2.20. The van der Waals surface area contributed by atoms with Crippen LogP contribution in [-0.4, -0.2) is 17.5 Å². The Morgan fingerprint density at radius 1 is 1.21 bits per heavy atom. The Hall–Kier alpha value is -3.39. The van der Waals surface area contributed by atoms with Gasteiger partial charge in [0, 0.05) is 10.9 Å². The van der Waals surface area contributed by atoms with Crippen molar-refractivity contribution in [1.82, 2.24) is 4.98 Å². The molecule has 2 aromatic carbocycles. The normalized spacial score (nSPS) is 10.8. The van der Waals surface area contributed by atoms with Gasteiger partial charge in [-0.3, -0.25) is 9.78 Å². The number of primary amides is 1. The van der Waals surface area contributed by atoms with Crippen LogP contribution in [0.4, 0.5) is 0 Å². The Kier molecular flexibility index (Phi) is 5.60. The summed E-state index contributed by atoms with van der Waals surface area (Å²) >= 11 is 0. The zero-order chi connectivity index (χ0) is 20.3. The number of pyridine rings is 1. The molecule has 0 saturated carbocycles. The monoisotopic (exact) mass is 373 g/mol. The number of carbonyl (C=O) groups excluding carboxylic acids is 1. The van der Waals surface area contributed by atoms with Crippen LogP contribution in [0.1, 0.15) is 30.7 Å². The maximum absolute atomic E-state index is 11.0. The highest BCUT2D eigenvalue weighted by atomic mass is 16.5. The minimum absolute atomic E-state index is 0.199. The molecular weight excluding hydrogens is 350 g/mol. The lowest BCUT2D eigenvalue weighted by atomic mass is 9.92. The van der Waals surface area contributed by atoms with E-state index in [1.807, 2.05) is 43.3 Å². The zero-order valence-electron chi connectivity index (χ0n) is 16.3. The van der Waals surface area contributed by atoms with E-state index in [1.165, 1.54) is 0 Å². The molecule has 2 N–H and O–H groups in total. The van der Waals surface area contributed by atoms with Crippen LogP contribution in [0.2, 0.25) is 0 Å². The summed E-state index contributed by atoms with van der Waals surface area (Å²) in [5, 5.41) is 10.8. The van der Waals surface area contributed by atoms with Crippen LogP contribution in [0.5, 0.6) is 5.75 Å². The third kappa shape index (κ3) is 4.12. The van der Waals surface area contributed by atoms with E-state index in [9.17, 15) is 10.1 Å². The minimum atomic E-state index is -0.540. The number of hydrogen-bond donors (Lipinski definition) is 1. The van der Waals surface area contributed by atoms with Crippen LogP contribution in [0.25, 0.3) is 22.0 Å². The van der Waals surface area contributed by atoms with Crippen LogP contribution in [0.3, 0.4) is 0 Å². The minimum Gasteiger partial charge on any atom is -0.484 e. The first-order valence-electron chi connectivity index (χ1n) is 9.24. The zero-order valence-corrected chi connectivity index (χ0v) is 16.3. The average molecular weight is 373 g/mol. The van der Waals surface area contributed by atoms with Gasteiger partial charge in [0.05, 0.1) is 16.8 Å². The lowest BCUT2D eigenvalue weighted by molar-refractivity contribution is -0.119. The van der Waals surface area contributed by atoms with Crippen molar-refractivity contribution in [2.45, 2.75) is 27.2 Å². The number of aryl methyl sites for hydroxylation is 1. The molecular formula is C23H23N3O2. The maximum atomic E-state index is 11.0. The van der Waals surface area contributed by atoms with Crippen molar-refractivity contribution in [3.8, 4) is 22.9 Å². The molecule has 0 fully saturated rings. The molecule has 0 saturated heterocycles. The van der Waals surface area contributed by atoms with E-state index in [1.54, 1.807) is 6.07 Å². The molecule has 3 aromatic rings. The predicted octanol–water partition coefficient (Wildman–Crippen LogP) is 4.14. The van der Waals surface area contributed by atoms with Crippen molar-refractivity contribution >= 4 is 16.8 Å². The average Bonchev–Trinajstić information content (AvgIpc) is 2.65. The molecule has 0 bridgehead atoms. The Morgan fingerprint density at radius 2 is 1.93 bits per heavy atom. The second kappa shape index (κ2) is 8.10. The number of nitrogens with two attached hydrogens (primary N) is 1. The van der Waals surface area contributed by atoms with Crippen molar-refractivity contribution in [3.05, 3.63) is 59.3 Å². The quantitative estimate of drug-likeness (QED) is 0.703.